The van der Waals surface area contributed by atoms with Gasteiger partial charge in [-0.15, -0.1) is 0 Å². The van der Waals surface area contributed by atoms with Gasteiger partial charge in [0.25, 0.3) is 11.8 Å². The maximum Gasteiger partial charge on any atom is 0.416 e. The normalized spacial score (nSPS) is 11.8. The minimum absolute atomic E-state index is 0.301. The van der Waals surface area contributed by atoms with Crippen molar-refractivity contribution < 1.29 is 40.3 Å². The van der Waals surface area contributed by atoms with Crippen molar-refractivity contribution in [1.29, 1.82) is 0 Å². The summed E-state index contributed by atoms with van der Waals surface area (Å²) < 4.78 is 82.5. The third-order valence-corrected chi connectivity index (χ3v) is 6.46. The summed E-state index contributed by atoms with van der Waals surface area (Å²) in [6, 6.07) is 13.5. The van der Waals surface area contributed by atoms with Gasteiger partial charge in [-0.25, -0.2) is 18.2 Å². The number of hydrogen-bond acceptors (Lipinski definition) is 6. The van der Waals surface area contributed by atoms with Crippen molar-refractivity contribution in [3.05, 3.63) is 88.7 Å². The fourth-order valence-corrected chi connectivity index (χ4v) is 4.26. The van der Waals surface area contributed by atoms with Crippen LogP contribution in [0.5, 0.6) is 5.75 Å². The molecule has 0 aromatic heterocycles. The van der Waals surface area contributed by atoms with E-state index in [1.165, 1.54) is 42.6 Å². The van der Waals surface area contributed by atoms with Gasteiger partial charge in [0.05, 0.1) is 28.7 Å². The zero-order valence-electron chi connectivity index (χ0n) is 20.6. The van der Waals surface area contributed by atoms with E-state index < -0.39 is 51.6 Å². The molecule has 0 unspecified atom stereocenters. The average Bonchev–Trinajstić information content (AvgIpc) is 2.87. The summed E-state index contributed by atoms with van der Waals surface area (Å²) in [6.07, 6.45) is -2.81. The molecule has 0 spiro atoms. The van der Waals surface area contributed by atoms with Gasteiger partial charge in [-0.3, -0.25) is 13.9 Å². The van der Waals surface area contributed by atoms with E-state index in [1.807, 2.05) is 0 Å². The highest BCUT2D eigenvalue weighted by Crippen LogP contribution is 2.36. The molecule has 0 saturated heterocycles. The number of carbonyl (C=O) groups excluding carboxylic acids is 2. The van der Waals surface area contributed by atoms with Gasteiger partial charge in [-0.05, 0) is 72.3 Å². The second kappa shape index (κ2) is 12.8. The number of alkyl halides is 3. The lowest BCUT2D eigenvalue weighted by molar-refractivity contribution is -0.137. The second-order valence-electron chi connectivity index (χ2n) is 8.14. The number of rotatable bonds is 10. The first kappa shape index (κ1) is 30.4. The predicted molar refractivity (Wildman–Crippen MR) is 141 cm³/mol. The lowest BCUT2D eigenvalue weighted by Gasteiger charge is -2.23. The van der Waals surface area contributed by atoms with E-state index in [0.717, 1.165) is 12.3 Å². The standard InChI is InChI=1S/C25H21ClF4N4O5S/c1-40(37,38)34(22-12-17(25(28,29)30)4-11-21(22)26)14-23(35)33-31-13-16-2-9-20(10-3-16)39-15-24(36)32-19-7-5-18(27)6-8-19/h2-13H,14-15H2,1H3,(H,32,36)(H,33,35). The Kier molecular flexibility index (Phi) is 9.71. The van der Waals surface area contributed by atoms with E-state index in [2.05, 4.69) is 15.8 Å². The minimum Gasteiger partial charge on any atom is -0.484 e. The third-order valence-electron chi connectivity index (χ3n) is 5.01. The Bertz CT molecular complexity index is 1500. The van der Waals surface area contributed by atoms with E-state index in [1.54, 1.807) is 12.1 Å². The van der Waals surface area contributed by atoms with Crippen molar-refractivity contribution in [2.45, 2.75) is 6.18 Å². The molecule has 3 aromatic rings. The van der Waals surface area contributed by atoms with Gasteiger partial charge >= 0.3 is 6.18 Å². The van der Waals surface area contributed by atoms with E-state index in [4.69, 9.17) is 16.3 Å². The van der Waals surface area contributed by atoms with Crippen molar-refractivity contribution in [2.75, 3.05) is 29.0 Å². The Morgan fingerprint density at radius 3 is 2.27 bits per heavy atom. The molecule has 15 heteroatoms. The number of sulfonamides is 1. The SMILES string of the molecule is CS(=O)(=O)N(CC(=O)NN=Cc1ccc(OCC(=O)Nc2ccc(F)cc2)cc1)c1cc(C(F)(F)F)ccc1Cl. The molecule has 0 aliphatic carbocycles. The van der Waals surface area contributed by atoms with Gasteiger partial charge in [0.2, 0.25) is 10.0 Å². The zero-order chi connectivity index (χ0) is 29.5. The molecular weight excluding hydrogens is 580 g/mol. The van der Waals surface area contributed by atoms with Crippen molar-refractivity contribution in [3.63, 3.8) is 0 Å². The molecule has 212 valence electrons. The molecule has 2 amide bonds. The van der Waals surface area contributed by atoms with Crippen LogP contribution in [0.15, 0.2) is 71.8 Å². The van der Waals surface area contributed by atoms with Crippen molar-refractivity contribution in [2.24, 2.45) is 5.10 Å². The van der Waals surface area contributed by atoms with Gasteiger partial charge in [-0.1, -0.05) is 11.6 Å². The number of benzene rings is 3. The number of nitrogens with zero attached hydrogens (tertiary/aromatic N) is 2. The van der Waals surface area contributed by atoms with Crippen LogP contribution < -0.4 is 19.8 Å². The smallest absolute Gasteiger partial charge is 0.416 e. The first-order chi connectivity index (χ1) is 18.7. The van der Waals surface area contributed by atoms with E-state index in [0.29, 0.717) is 33.4 Å². The molecule has 0 saturated carbocycles. The maximum atomic E-state index is 13.1. The van der Waals surface area contributed by atoms with Gasteiger partial charge in [-0.2, -0.15) is 18.3 Å². The van der Waals surface area contributed by atoms with Crippen LogP contribution in [0, 0.1) is 5.82 Å². The molecule has 0 bridgehead atoms. The van der Waals surface area contributed by atoms with Crippen LogP contribution in [0.2, 0.25) is 5.02 Å². The zero-order valence-corrected chi connectivity index (χ0v) is 22.1. The number of anilines is 2. The van der Waals surface area contributed by atoms with Crippen molar-refractivity contribution in [3.8, 4) is 5.75 Å². The summed E-state index contributed by atoms with van der Waals surface area (Å²) in [5.74, 6) is -1.50. The molecular formula is C25H21ClF4N4O5S. The van der Waals surface area contributed by atoms with Crippen LogP contribution in [-0.2, 0) is 25.8 Å². The molecule has 0 aliphatic rings. The average molecular weight is 601 g/mol. The highest BCUT2D eigenvalue weighted by atomic mass is 35.5. The minimum atomic E-state index is -4.76. The molecule has 0 heterocycles. The van der Waals surface area contributed by atoms with Gasteiger partial charge in [0.1, 0.15) is 18.1 Å². The summed E-state index contributed by atoms with van der Waals surface area (Å²) >= 11 is 5.93. The number of hydrazone groups is 1. The molecule has 0 atom stereocenters. The summed E-state index contributed by atoms with van der Waals surface area (Å²) in [4.78, 5) is 24.3. The Hall–Kier alpha value is -4.17. The molecule has 0 radical (unpaired) electrons. The molecule has 0 fully saturated rings. The van der Waals surface area contributed by atoms with Crippen LogP contribution in [0.1, 0.15) is 11.1 Å². The second-order valence-corrected chi connectivity index (χ2v) is 10.5. The first-order valence-corrected chi connectivity index (χ1v) is 13.4. The maximum absolute atomic E-state index is 13.1. The van der Waals surface area contributed by atoms with Crippen LogP contribution in [0.3, 0.4) is 0 Å². The van der Waals surface area contributed by atoms with Gasteiger partial charge < -0.3 is 10.1 Å². The Morgan fingerprint density at radius 1 is 1.02 bits per heavy atom. The lowest BCUT2D eigenvalue weighted by Crippen LogP contribution is -2.39. The molecule has 3 rings (SSSR count). The third kappa shape index (κ3) is 8.95. The highest BCUT2D eigenvalue weighted by molar-refractivity contribution is 7.92. The lowest BCUT2D eigenvalue weighted by atomic mass is 10.2. The Labute approximate surface area is 231 Å². The number of halogens is 5. The highest BCUT2D eigenvalue weighted by Gasteiger charge is 2.33. The summed E-state index contributed by atoms with van der Waals surface area (Å²) in [6.45, 7) is -1.20. The van der Waals surface area contributed by atoms with Gasteiger partial charge in [0.15, 0.2) is 6.61 Å². The van der Waals surface area contributed by atoms with Crippen molar-refractivity contribution in [1.82, 2.24) is 5.43 Å². The quantitative estimate of drug-likeness (QED) is 0.203. The van der Waals surface area contributed by atoms with Gasteiger partial charge in [0, 0.05) is 5.69 Å². The summed E-state index contributed by atoms with van der Waals surface area (Å²) in [5.41, 5.74) is 1.34. The van der Waals surface area contributed by atoms with E-state index >= 15 is 0 Å². The van der Waals surface area contributed by atoms with Crippen LogP contribution in [-0.4, -0.2) is 45.9 Å². The summed E-state index contributed by atoms with van der Waals surface area (Å²) in [5, 5.41) is 5.96. The fourth-order valence-electron chi connectivity index (χ4n) is 3.14. The number of hydrogen-bond donors (Lipinski definition) is 2. The Morgan fingerprint density at radius 2 is 1.68 bits per heavy atom. The number of amides is 2. The van der Waals surface area contributed by atoms with Crippen molar-refractivity contribution >= 4 is 51.0 Å². The van der Waals surface area contributed by atoms with E-state index in [9.17, 15) is 35.6 Å². The largest absolute Gasteiger partial charge is 0.484 e. The number of ether oxygens (including phenoxy) is 1. The Balaban J connectivity index is 1.56. The van der Waals surface area contributed by atoms with Crippen LogP contribution in [0.4, 0.5) is 28.9 Å². The molecule has 2 N–H and O–H groups in total. The predicted octanol–water partition coefficient (Wildman–Crippen LogP) is 4.43. The number of carbonyl (C=O) groups is 2. The fraction of sp³-hybridized carbons (Fsp3) is 0.160. The molecule has 3 aromatic carbocycles. The monoisotopic (exact) mass is 600 g/mol. The molecule has 40 heavy (non-hydrogen) atoms. The van der Waals surface area contributed by atoms with Crippen LogP contribution in [0.25, 0.3) is 0 Å². The summed E-state index contributed by atoms with van der Waals surface area (Å²) in [7, 11) is -4.20. The molecule has 0 aliphatic heterocycles. The molecule has 9 nitrogen and oxygen atoms in total. The first-order valence-electron chi connectivity index (χ1n) is 11.2. The van der Waals surface area contributed by atoms with Crippen LogP contribution >= 0.6 is 11.6 Å². The topological polar surface area (TPSA) is 117 Å². The number of nitrogens with one attached hydrogen (secondary N) is 2. The van der Waals surface area contributed by atoms with E-state index in [-0.39, 0.29) is 11.6 Å².